The van der Waals surface area contributed by atoms with E-state index < -0.39 is 0 Å². The van der Waals surface area contributed by atoms with Crippen molar-refractivity contribution in [3.63, 3.8) is 0 Å². The van der Waals surface area contributed by atoms with E-state index in [0.29, 0.717) is 24.6 Å². The summed E-state index contributed by atoms with van der Waals surface area (Å²) in [5, 5.41) is 9.89. The molecule has 1 heterocycles. The number of carbonyl (C=O) groups excluding carboxylic acids is 1. The molecule has 0 unspecified atom stereocenters. The van der Waals surface area contributed by atoms with Gasteiger partial charge >= 0.3 is 0 Å². The van der Waals surface area contributed by atoms with Crippen LogP contribution in [0.1, 0.15) is 57.2 Å². The van der Waals surface area contributed by atoms with E-state index in [1.54, 1.807) is 0 Å². The summed E-state index contributed by atoms with van der Waals surface area (Å²) in [5.41, 5.74) is 7.23. The fraction of sp³-hybridized carbons (Fsp3) is 0.526. The van der Waals surface area contributed by atoms with Gasteiger partial charge in [0.25, 0.3) is 0 Å². The number of rotatable bonds is 7. The lowest BCUT2D eigenvalue weighted by molar-refractivity contribution is -0.116. The molecule has 0 aliphatic heterocycles. The summed E-state index contributed by atoms with van der Waals surface area (Å²) in [6.07, 6.45) is 9.55. The number of nitrogens with zero attached hydrogens (tertiary/aromatic N) is 2. The van der Waals surface area contributed by atoms with Crippen molar-refractivity contribution >= 4 is 11.6 Å². The van der Waals surface area contributed by atoms with E-state index >= 15 is 0 Å². The van der Waals surface area contributed by atoms with Gasteiger partial charge in [-0.2, -0.15) is 5.10 Å². The smallest absolute Gasteiger partial charge is 0.224 e. The van der Waals surface area contributed by atoms with E-state index in [1.165, 1.54) is 38.5 Å². The molecule has 134 valence electrons. The Bertz CT molecular complexity index is 673. The topological polar surface area (TPSA) is 96.7 Å². The molecular formula is C19H27N5O. The van der Waals surface area contributed by atoms with Gasteiger partial charge in [-0.15, -0.1) is 0 Å². The first-order valence-corrected chi connectivity index (χ1v) is 9.26. The third-order valence-electron chi connectivity index (χ3n) is 4.89. The lowest BCUT2D eigenvalue weighted by atomic mass is 9.86. The Kier molecular flexibility index (Phi) is 6.17. The maximum Gasteiger partial charge on any atom is 0.224 e. The Balaban J connectivity index is 1.45. The second-order valence-electron chi connectivity index (χ2n) is 6.83. The highest BCUT2D eigenvalue weighted by atomic mass is 16.1. The number of anilines is 1. The maximum absolute atomic E-state index is 12.1. The van der Waals surface area contributed by atoms with Gasteiger partial charge in [-0.1, -0.05) is 32.1 Å². The van der Waals surface area contributed by atoms with Gasteiger partial charge < -0.3 is 11.1 Å². The summed E-state index contributed by atoms with van der Waals surface area (Å²) in [7, 11) is 0. The number of aromatic nitrogens is 3. The van der Waals surface area contributed by atoms with Crippen LogP contribution in [0.15, 0.2) is 24.3 Å². The van der Waals surface area contributed by atoms with Crippen LogP contribution in [0.3, 0.4) is 0 Å². The largest absolute Gasteiger partial charge is 0.326 e. The standard InChI is InChI=1S/C19H27N5O/c20-13-17-22-19(24-23-17)15-9-11-16(12-10-15)21-18(25)8-4-7-14-5-2-1-3-6-14/h9-12,14H,1-8,13,20H2,(H,21,25)(H,22,23,24). The first-order chi connectivity index (χ1) is 12.2. The van der Waals surface area contributed by atoms with Gasteiger partial charge in [-0.05, 0) is 43.0 Å². The summed E-state index contributed by atoms with van der Waals surface area (Å²) in [6, 6.07) is 7.57. The molecule has 4 N–H and O–H groups in total. The monoisotopic (exact) mass is 341 g/mol. The quantitative estimate of drug-likeness (QED) is 0.716. The Morgan fingerprint density at radius 2 is 1.96 bits per heavy atom. The Morgan fingerprint density at radius 1 is 1.20 bits per heavy atom. The van der Waals surface area contributed by atoms with E-state index in [2.05, 4.69) is 20.5 Å². The lowest BCUT2D eigenvalue weighted by Gasteiger charge is -2.21. The Hall–Kier alpha value is -2.21. The van der Waals surface area contributed by atoms with E-state index in [0.717, 1.165) is 23.6 Å². The Labute approximate surface area is 148 Å². The minimum Gasteiger partial charge on any atom is -0.326 e. The van der Waals surface area contributed by atoms with Crippen LogP contribution in [0.5, 0.6) is 0 Å². The predicted octanol–water partition coefficient (Wildman–Crippen LogP) is 3.62. The first kappa shape index (κ1) is 17.6. The zero-order chi connectivity index (χ0) is 17.5. The number of aromatic amines is 1. The van der Waals surface area contributed by atoms with Crippen LogP contribution in [-0.4, -0.2) is 21.1 Å². The molecule has 0 bridgehead atoms. The molecule has 1 aliphatic carbocycles. The van der Waals surface area contributed by atoms with E-state index in [9.17, 15) is 4.79 Å². The minimum absolute atomic E-state index is 0.0897. The molecule has 1 aliphatic rings. The molecule has 0 saturated heterocycles. The van der Waals surface area contributed by atoms with E-state index in [4.69, 9.17) is 5.73 Å². The van der Waals surface area contributed by atoms with Crippen LogP contribution in [0, 0.1) is 5.92 Å². The number of hydrogen-bond donors (Lipinski definition) is 3. The van der Waals surface area contributed by atoms with Gasteiger partial charge in [0.2, 0.25) is 5.91 Å². The molecule has 0 atom stereocenters. The van der Waals surface area contributed by atoms with Gasteiger partial charge in [0.05, 0.1) is 6.54 Å². The second-order valence-corrected chi connectivity index (χ2v) is 6.83. The number of hydrogen-bond acceptors (Lipinski definition) is 4. The van der Waals surface area contributed by atoms with Crippen molar-refractivity contribution in [3.8, 4) is 11.4 Å². The fourth-order valence-corrected chi connectivity index (χ4v) is 3.47. The fourth-order valence-electron chi connectivity index (χ4n) is 3.47. The molecule has 2 aromatic rings. The lowest BCUT2D eigenvalue weighted by Crippen LogP contribution is -2.12. The predicted molar refractivity (Wildman–Crippen MR) is 98.8 cm³/mol. The molecule has 1 amide bonds. The number of benzene rings is 1. The van der Waals surface area contributed by atoms with E-state index in [-0.39, 0.29) is 5.91 Å². The van der Waals surface area contributed by atoms with Crippen molar-refractivity contribution in [2.45, 2.75) is 57.9 Å². The highest BCUT2D eigenvalue weighted by Gasteiger charge is 2.13. The van der Waals surface area contributed by atoms with Crippen LogP contribution in [0.4, 0.5) is 5.69 Å². The van der Waals surface area contributed by atoms with Crippen molar-refractivity contribution < 1.29 is 4.79 Å². The molecule has 1 saturated carbocycles. The maximum atomic E-state index is 12.1. The third kappa shape index (κ3) is 5.13. The van der Waals surface area contributed by atoms with E-state index in [1.807, 2.05) is 24.3 Å². The Morgan fingerprint density at radius 3 is 2.64 bits per heavy atom. The molecule has 0 spiro atoms. The average molecular weight is 341 g/mol. The average Bonchev–Trinajstić information content (AvgIpc) is 3.12. The van der Waals surface area contributed by atoms with Crippen LogP contribution in [-0.2, 0) is 11.3 Å². The summed E-state index contributed by atoms with van der Waals surface area (Å²) in [4.78, 5) is 16.4. The number of carbonyl (C=O) groups is 1. The molecule has 6 nitrogen and oxygen atoms in total. The number of nitrogens with one attached hydrogen (secondary N) is 2. The second kappa shape index (κ2) is 8.76. The van der Waals surface area contributed by atoms with Gasteiger partial charge in [0.1, 0.15) is 5.82 Å². The molecule has 1 aromatic heterocycles. The van der Waals surface area contributed by atoms with Crippen LogP contribution in [0.2, 0.25) is 0 Å². The van der Waals surface area contributed by atoms with Crippen molar-refractivity contribution in [2.24, 2.45) is 11.7 Å². The number of H-pyrrole nitrogens is 1. The molecule has 1 aromatic carbocycles. The van der Waals surface area contributed by atoms with Crippen molar-refractivity contribution in [1.29, 1.82) is 0 Å². The molecule has 25 heavy (non-hydrogen) atoms. The summed E-state index contributed by atoms with van der Waals surface area (Å²) >= 11 is 0. The minimum atomic E-state index is 0.0897. The SMILES string of the molecule is NCc1nc(-c2ccc(NC(=O)CCCC3CCCCC3)cc2)n[nH]1. The number of amides is 1. The van der Waals surface area contributed by atoms with Gasteiger partial charge in [-0.3, -0.25) is 9.89 Å². The molecule has 1 fully saturated rings. The van der Waals surface area contributed by atoms with Crippen molar-refractivity contribution in [2.75, 3.05) is 5.32 Å². The first-order valence-electron chi connectivity index (χ1n) is 9.26. The van der Waals surface area contributed by atoms with Crippen molar-refractivity contribution in [3.05, 3.63) is 30.1 Å². The van der Waals surface area contributed by atoms with Gasteiger partial charge in [-0.25, -0.2) is 4.98 Å². The molecule has 6 heteroatoms. The van der Waals surface area contributed by atoms with Crippen molar-refractivity contribution in [1.82, 2.24) is 15.2 Å². The zero-order valence-electron chi connectivity index (χ0n) is 14.6. The third-order valence-corrected chi connectivity index (χ3v) is 4.89. The normalized spacial score (nSPS) is 15.2. The van der Waals surface area contributed by atoms with Crippen LogP contribution >= 0.6 is 0 Å². The summed E-state index contributed by atoms with van der Waals surface area (Å²) < 4.78 is 0. The zero-order valence-corrected chi connectivity index (χ0v) is 14.6. The number of nitrogens with two attached hydrogens (primary N) is 1. The highest BCUT2D eigenvalue weighted by molar-refractivity contribution is 5.90. The molecular weight excluding hydrogens is 314 g/mol. The highest BCUT2D eigenvalue weighted by Crippen LogP contribution is 2.27. The molecule has 0 radical (unpaired) electrons. The summed E-state index contributed by atoms with van der Waals surface area (Å²) in [6.45, 7) is 0.335. The van der Waals surface area contributed by atoms with Crippen LogP contribution < -0.4 is 11.1 Å². The summed E-state index contributed by atoms with van der Waals surface area (Å²) in [5.74, 6) is 2.20. The molecule has 3 rings (SSSR count). The van der Waals surface area contributed by atoms with Gasteiger partial charge in [0.15, 0.2) is 5.82 Å². The van der Waals surface area contributed by atoms with Gasteiger partial charge in [0, 0.05) is 17.7 Å². The van der Waals surface area contributed by atoms with Crippen LogP contribution in [0.25, 0.3) is 11.4 Å².